The van der Waals surface area contributed by atoms with Crippen LogP contribution in [-0.2, 0) is 10.0 Å². The molecule has 3 nitrogen and oxygen atoms in total. The zero-order valence-corrected chi connectivity index (χ0v) is 11.6. The third-order valence-electron chi connectivity index (χ3n) is 2.27. The first-order valence-corrected chi connectivity index (χ1v) is 8.00. The molecule has 92 valence electrons. The van der Waals surface area contributed by atoms with Gasteiger partial charge in [0.2, 0.25) is 0 Å². The number of halogens is 1. The van der Waals surface area contributed by atoms with Crippen LogP contribution in [0.2, 0.25) is 0 Å². The fourth-order valence-corrected chi connectivity index (χ4v) is 3.89. The van der Waals surface area contributed by atoms with Crippen LogP contribution in [0.4, 0.5) is 0 Å². The first kappa shape index (κ1) is 14.0. The summed E-state index contributed by atoms with van der Waals surface area (Å²) in [6, 6.07) is 3.38. The third kappa shape index (κ3) is 3.73. The van der Waals surface area contributed by atoms with Crippen LogP contribution in [0.1, 0.15) is 19.3 Å². The minimum atomic E-state index is -3.26. The highest BCUT2D eigenvalue weighted by Crippen LogP contribution is 2.20. The Balaban J connectivity index is 2.50. The maximum atomic E-state index is 12.0. The van der Waals surface area contributed by atoms with E-state index >= 15 is 0 Å². The van der Waals surface area contributed by atoms with Crippen LogP contribution in [0.25, 0.3) is 0 Å². The summed E-state index contributed by atoms with van der Waals surface area (Å²) >= 11 is 6.81. The molecule has 0 unspecified atom stereocenters. The molecule has 0 N–H and O–H groups in total. The first-order chi connectivity index (χ1) is 7.59. The van der Waals surface area contributed by atoms with E-state index in [2.05, 4.69) is 0 Å². The lowest BCUT2D eigenvalue weighted by atomic mass is 10.2. The van der Waals surface area contributed by atoms with Crippen molar-refractivity contribution in [3.8, 4) is 0 Å². The van der Waals surface area contributed by atoms with E-state index in [4.69, 9.17) is 11.6 Å². The van der Waals surface area contributed by atoms with Crippen molar-refractivity contribution in [3.63, 3.8) is 0 Å². The van der Waals surface area contributed by atoms with Gasteiger partial charge in [-0.15, -0.1) is 22.9 Å². The Morgan fingerprint density at radius 1 is 1.38 bits per heavy atom. The molecule has 0 saturated carbocycles. The van der Waals surface area contributed by atoms with Crippen molar-refractivity contribution in [2.45, 2.75) is 23.5 Å². The summed E-state index contributed by atoms with van der Waals surface area (Å²) in [4.78, 5) is 0. The lowest BCUT2D eigenvalue weighted by molar-refractivity contribution is 0.456. The van der Waals surface area contributed by atoms with Crippen LogP contribution in [-0.4, -0.2) is 32.2 Å². The third-order valence-corrected chi connectivity index (χ3v) is 5.76. The van der Waals surface area contributed by atoms with Gasteiger partial charge in [0.25, 0.3) is 10.0 Å². The Morgan fingerprint density at radius 3 is 2.69 bits per heavy atom. The minimum Gasteiger partial charge on any atom is -0.206 e. The van der Waals surface area contributed by atoms with Crippen molar-refractivity contribution in [3.05, 3.63) is 17.5 Å². The molecule has 0 aliphatic carbocycles. The maximum absolute atomic E-state index is 12.0. The van der Waals surface area contributed by atoms with Gasteiger partial charge in [-0.25, -0.2) is 12.7 Å². The second-order valence-corrected chi connectivity index (χ2v) is 7.11. The van der Waals surface area contributed by atoms with Gasteiger partial charge in [-0.1, -0.05) is 12.5 Å². The Morgan fingerprint density at radius 2 is 2.12 bits per heavy atom. The second-order valence-electron chi connectivity index (χ2n) is 3.51. The molecule has 1 heterocycles. The molecule has 1 aromatic rings. The van der Waals surface area contributed by atoms with E-state index in [1.165, 1.54) is 15.6 Å². The van der Waals surface area contributed by atoms with E-state index < -0.39 is 10.0 Å². The van der Waals surface area contributed by atoms with Gasteiger partial charge >= 0.3 is 0 Å². The minimum absolute atomic E-state index is 0.410. The van der Waals surface area contributed by atoms with E-state index in [0.29, 0.717) is 16.6 Å². The molecule has 0 bridgehead atoms. The summed E-state index contributed by atoms with van der Waals surface area (Å²) in [5.74, 6) is 0.640. The molecule has 0 radical (unpaired) electrons. The summed E-state index contributed by atoms with van der Waals surface area (Å²) in [6.07, 6.45) is 2.76. The molecule has 0 amide bonds. The molecule has 0 aliphatic rings. The summed E-state index contributed by atoms with van der Waals surface area (Å²) in [5, 5.41) is 1.77. The quantitative estimate of drug-likeness (QED) is 0.569. The fraction of sp³-hybridized carbons (Fsp3) is 0.600. The number of thiophene rings is 1. The van der Waals surface area contributed by atoms with Gasteiger partial charge in [-0.05, 0) is 24.3 Å². The van der Waals surface area contributed by atoms with Gasteiger partial charge in [0.15, 0.2) is 0 Å². The number of alkyl halides is 1. The molecule has 0 atom stereocenters. The Bertz CT molecular complexity index is 389. The fourth-order valence-electron chi connectivity index (χ4n) is 1.29. The Hall–Kier alpha value is -0.100. The van der Waals surface area contributed by atoms with Crippen molar-refractivity contribution < 1.29 is 8.42 Å². The van der Waals surface area contributed by atoms with Crippen LogP contribution in [0.15, 0.2) is 21.7 Å². The molecular weight excluding hydrogens is 266 g/mol. The van der Waals surface area contributed by atoms with E-state index in [0.717, 1.165) is 19.3 Å². The molecule has 0 aromatic carbocycles. The number of hydrogen-bond acceptors (Lipinski definition) is 3. The lowest BCUT2D eigenvalue weighted by Crippen LogP contribution is -2.27. The summed E-state index contributed by atoms with van der Waals surface area (Å²) < 4.78 is 25.8. The smallest absolute Gasteiger partial charge is 0.206 e. The first-order valence-electron chi connectivity index (χ1n) is 5.15. The number of nitrogens with zero attached hydrogens (tertiary/aromatic N) is 1. The molecule has 0 saturated heterocycles. The zero-order valence-electron chi connectivity index (χ0n) is 9.23. The normalized spacial score (nSPS) is 12.2. The van der Waals surface area contributed by atoms with Gasteiger partial charge in [0, 0.05) is 19.5 Å². The average Bonchev–Trinajstić information content (AvgIpc) is 2.77. The van der Waals surface area contributed by atoms with Crippen molar-refractivity contribution in [1.82, 2.24) is 4.31 Å². The molecule has 16 heavy (non-hydrogen) atoms. The van der Waals surface area contributed by atoms with Gasteiger partial charge in [-0.3, -0.25) is 0 Å². The second kappa shape index (κ2) is 6.59. The van der Waals surface area contributed by atoms with Crippen LogP contribution < -0.4 is 0 Å². The van der Waals surface area contributed by atoms with Gasteiger partial charge in [0.1, 0.15) is 4.21 Å². The van der Waals surface area contributed by atoms with Crippen molar-refractivity contribution in [2.75, 3.05) is 19.5 Å². The predicted molar refractivity (Wildman–Crippen MR) is 68.7 cm³/mol. The van der Waals surface area contributed by atoms with Crippen molar-refractivity contribution >= 4 is 33.0 Å². The average molecular weight is 282 g/mol. The SMILES string of the molecule is CN(CCCCCCl)S(=O)(=O)c1cccs1. The molecule has 0 aliphatic heterocycles. The van der Waals surface area contributed by atoms with Gasteiger partial charge in [0.05, 0.1) is 0 Å². The van der Waals surface area contributed by atoms with Crippen molar-refractivity contribution in [1.29, 1.82) is 0 Å². The monoisotopic (exact) mass is 281 g/mol. The van der Waals surface area contributed by atoms with E-state index in [1.54, 1.807) is 24.6 Å². The zero-order chi connectivity index (χ0) is 12.0. The van der Waals surface area contributed by atoms with Gasteiger partial charge < -0.3 is 0 Å². The summed E-state index contributed by atoms with van der Waals surface area (Å²) in [5.41, 5.74) is 0. The Labute approximate surface area is 106 Å². The molecule has 6 heteroatoms. The number of unbranched alkanes of at least 4 members (excludes halogenated alkanes) is 2. The highest BCUT2D eigenvalue weighted by atomic mass is 35.5. The van der Waals surface area contributed by atoms with Gasteiger partial charge in [-0.2, -0.15) is 0 Å². The lowest BCUT2D eigenvalue weighted by Gasteiger charge is -2.15. The van der Waals surface area contributed by atoms with Crippen LogP contribution in [0.5, 0.6) is 0 Å². The molecule has 1 rings (SSSR count). The van der Waals surface area contributed by atoms with Crippen LogP contribution in [0, 0.1) is 0 Å². The topological polar surface area (TPSA) is 37.4 Å². The highest BCUT2D eigenvalue weighted by Gasteiger charge is 2.20. The summed E-state index contributed by atoms with van der Waals surface area (Å²) in [6.45, 7) is 0.553. The number of hydrogen-bond donors (Lipinski definition) is 0. The van der Waals surface area contributed by atoms with Crippen LogP contribution in [0.3, 0.4) is 0 Å². The molecular formula is C10H16ClNO2S2. The van der Waals surface area contributed by atoms with E-state index in [1.807, 2.05) is 0 Å². The Kier molecular flexibility index (Phi) is 5.75. The molecule has 0 spiro atoms. The van der Waals surface area contributed by atoms with Crippen LogP contribution >= 0.6 is 22.9 Å². The number of rotatable bonds is 7. The summed E-state index contributed by atoms with van der Waals surface area (Å²) in [7, 11) is -1.64. The van der Waals surface area contributed by atoms with Crippen molar-refractivity contribution in [2.24, 2.45) is 0 Å². The standard InChI is InChI=1S/C10H16ClNO2S2/c1-12(8-4-2-3-7-11)16(13,14)10-6-5-9-15-10/h5-6,9H,2-4,7-8H2,1H3. The highest BCUT2D eigenvalue weighted by molar-refractivity contribution is 7.91. The largest absolute Gasteiger partial charge is 0.252 e. The molecule has 1 aromatic heterocycles. The predicted octanol–water partition coefficient (Wildman–Crippen LogP) is 2.78. The molecule has 0 fully saturated rings. The van der Waals surface area contributed by atoms with E-state index in [9.17, 15) is 8.42 Å². The number of sulfonamides is 1. The maximum Gasteiger partial charge on any atom is 0.252 e. The van der Waals surface area contributed by atoms with E-state index in [-0.39, 0.29) is 0 Å².